The highest BCUT2D eigenvalue weighted by atomic mass is 16.1. The summed E-state index contributed by atoms with van der Waals surface area (Å²) in [5.74, 6) is 1.27. The Morgan fingerprint density at radius 3 is 2.48 bits per heavy atom. The molecule has 0 aromatic heterocycles. The molecule has 0 saturated heterocycles. The van der Waals surface area contributed by atoms with Gasteiger partial charge in [-0.2, -0.15) is 0 Å². The van der Waals surface area contributed by atoms with E-state index in [1.807, 2.05) is 19.1 Å². The van der Waals surface area contributed by atoms with Gasteiger partial charge in [0, 0.05) is 6.54 Å². The highest BCUT2D eigenvalue weighted by Crippen LogP contribution is 2.33. The highest BCUT2D eigenvalue weighted by Gasteiger charge is 2.19. The third-order valence-corrected chi connectivity index (χ3v) is 4.98. The fourth-order valence-electron chi connectivity index (χ4n) is 3.44. The molecule has 25 heavy (non-hydrogen) atoms. The molecule has 1 N–H and O–H groups in total. The largest absolute Gasteiger partial charge is 0.365 e. The minimum absolute atomic E-state index is 0.00726. The fourth-order valence-corrected chi connectivity index (χ4v) is 3.44. The number of amides is 1. The van der Waals surface area contributed by atoms with Crippen LogP contribution < -0.4 is 5.32 Å². The molecule has 1 aliphatic carbocycles. The third-order valence-electron chi connectivity index (χ3n) is 4.98. The van der Waals surface area contributed by atoms with Gasteiger partial charge in [0.15, 0.2) is 13.1 Å². The van der Waals surface area contributed by atoms with Gasteiger partial charge in [-0.3, -0.25) is 4.79 Å². The van der Waals surface area contributed by atoms with Crippen LogP contribution in [0.1, 0.15) is 51.9 Å². The van der Waals surface area contributed by atoms with E-state index in [-0.39, 0.29) is 5.81 Å². The molecule has 0 spiro atoms. The van der Waals surface area contributed by atoms with Crippen LogP contribution in [-0.2, 0) is 0 Å². The van der Waals surface area contributed by atoms with Crippen LogP contribution in [0, 0.1) is 5.92 Å². The number of carbonyl (C=O) groups excluding carboxylic acids is 1. The van der Waals surface area contributed by atoms with Crippen molar-refractivity contribution in [2.75, 3.05) is 6.54 Å². The van der Waals surface area contributed by atoms with Crippen molar-refractivity contribution in [1.82, 2.24) is 5.32 Å². The first-order chi connectivity index (χ1) is 12.1. The summed E-state index contributed by atoms with van der Waals surface area (Å²) in [7, 11) is 3.95. The molecular weight excluding hydrogens is 304 g/mol. The molecule has 0 aromatic rings. The first-order valence-electron chi connectivity index (χ1n) is 9.65. The average Bonchev–Trinajstić information content (AvgIpc) is 2.59. The van der Waals surface area contributed by atoms with Gasteiger partial charge in [-0.1, -0.05) is 86.8 Å². The molecule has 1 fully saturated rings. The van der Waals surface area contributed by atoms with Gasteiger partial charge in [0.25, 0.3) is 0 Å². The van der Waals surface area contributed by atoms with Gasteiger partial charge >= 0.3 is 0 Å². The highest BCUT2D eigenvalue weighted by molar-refractivity contribution is 6.72. The quantitative estimate of drug-likeness (QED) is 0.336. The summed E-state index contributed by atoms with van der Waals surface area (Å²) in [5.41, 5.74) is 2.53. The van der Waals surface area contributed by atoms with E-state index >= 15 is 0 Å². The minimum atomic E-state index is 0.00726. The van der Waals surface area contributed by atoms with Gasteiger partial charge < -0.3 is 5.32 Å². The molecule has 0 aromatic carbocycles. The molecular formula is C21H33B2NO. The smallest absolute Gasteiger partial charge is 0.229 e. The third kappa shape index (κ3) is 9.00. The van der Waals surface area contributed by atoms with Crippen molar-refractivity contribution in [1.29, 1.82) is 0 Å². The van der Waals surface area contributed by atoms with Gasteiger partial charge in [-0.05, 0) is 32.1 Å². The van der Waals surface area contributed by atoms with Crippen LogP contribution in [0.3, 0.4) is 0 Å². The molecule has 1 amide bonds. The van der Waals surface area contributed by atoms with E-state index in [1.165, 1.54) is 49.6 Å². The van der Waals surface area contributed by atoms with E-state index in [0.717, 1.165) is 6.42 Å². The van der Waals surface area contributed by atoms with Crippen LogP contribution >= 0.6 is 0 Å². The molecule has 2 nitrogen and oxygen atoms in total. The number of hydrogen-bond donors (Lipinski definition) is 1. The van der Waals surface area contributed by atoms with Crippen molar-refractivity contribution in [2.24, 2.45) is 5.92 Å². The number of nitrogens with one attached hydrogen (secondary N) is 1. The number of rotatable bonds is 9. The monoisotopic (exact) mass is 337 g/mol. The van der Waals surface area contributed by atoms with Gasteiger partial charge in [-0.25, -0.2) is 0 Å². The average molecular weight is 337 g/mol. The van der Waals surface area contributed by atoms with E-state index in [9.17, 15) is 4.79 Å². The predicted octanol–water partition coefficient (Wildman–Crippen LogP) is 5.50. The van der Waals surface area contributed by atoms with Crippen molar-refractivity contribution in [3.8, 4) is 0 Å². The van der Waals surface area contributed by atoms with Crippen LogP contribution in [0.25, 0.3) is 0 Å². The topological polar surface area (TPSA) is 29.1 Å². The fraction of sp³-hybridized carbons (Fsp3) is 0.571. The Bertz CT molecular complexity index is 486. The molecule has 4 heteroatoms. The SMILES string of the molecule is C=C/C([B]C1CCCC(C(=C)CCNC(=O)[B]C)CCC1)=C\C=C/C. The van der Waals surface area contributed by atoms with Gasteiger partial charge in [0.1, 0.15) is 0 Å². The van der Waals surface area contributed by atoms with E-state index in [2.05, 4.69) is 37.9 Å². The molecule has 0 unspecified atom stereocenters. The van der Waals surface area contributed by atoms with Crippen LogP contribution in [0.15, 0.2) is 48.5 Å². The molecule has 0 aliphatic heterocycles. The van der Waals surface area contributed by atoms with Crippen molar-refractivity contribution < 1.29 is 4.79 Å². The summed E-state index contributed by atoms with van der Waals surface area (Å²) in [5, 5.41) is 2.90. The maximum atomic E-state index is 11.3. The Labute approximate surface area is 156 Å². The van der Waals surface area contributed by atoms with Crippen LogP contribution in [-0.4, -0.2) is 26.9 Å². The first-order valence-corrected chi connectivity index (χ1v) is 9.65. The Morgan fingerprint density at radius 2 is 1.92 bits per heavy atom. The second-order valence-corrected chi connectivity index (χ2v) is 6.87. The number of hydrogen-bond acceptors (Lipinski definition) is 1. The van der Waals surface area contributed by atoms with E-state index < -0.39 is 0 Å². The maximum Gasteiger partial charge on any atom is 0.229 e. The summed E-state index contributed by atoms with van der Waals surface area (Å²) in [6, 6.07) is 0. The van der Waals surface area contributed by atoms with Crippen molar-refractivity contribution in [3.05, 3.63) is 48.5 Å². The summed E-state index contributed by atoms with van der Waals surface area (Å²) in [6.07, 6.45) is 16.5. The van der Waals surface area contributed by atoms with E-state index in [0.29, 0.717) is 18.3 Å². The lowest BCUT2D eigenvalue weighted by atomic mass is 9.54. The molecule has 0 bridgehead atoms. The van der Waals surface area contributed by atoms with Crippen LogP contribution in [0.2, 0.25) is 12.6 Å². The Hall–Kier alpha value is -1.44. The van der Waals surface area contributed by atoms with Crippen molar-refractivity contribution in [3.63, 3.8) is 0 Å². The lowest BCUT2D eigenvalue weighted by Gasteiger charge is -2.26. The summed E-state index contributed by atoms with van der Waals surface area (Å²) in [4.78, 5) is 11.3. The Kier molecular flexibility index (Phi) is 11.1. The molecule has 2 radical (unpaired) electrons. The van der Waals surface area contributed by atoms with Crippen molar-refractivity contribution in [2.45, 2.75) is 64.5 Å². The number of allylic oxidation sites excluding steroid dienone is 5. The van der Waals surface area contributed by atoms with Crippen LogP contribution in [0.4, 0.5) is 4.79 Å². The van der Waals surface area contributed by atoms with Gasteiger partial charge in [0.2, 0.25) is 7.28 Å². The zero-order valence-electron chi connectivity index (χ0n) is 16.1. The molecule has 0 atom stereocenters. The molecule has 134 valence electrons. The lowest BCUT2D eigenvalue weighted by Crippen LogP contribution is -2.27. The lowest BCUT2D eigenvalue weighted by molar-refractivity contribution is 0.259. The van der Waals surface area contributed by atoms with Gasteiger partial charge in [0.05, 0.1) is 0 Å². The second kappa shape index (κ2) is 12.9. The molecule has 1 saturated carbocycles. The summed E-state index contributed by atoms with van der Waals surface area (Å²) >= 11 is 0. The molecule has 1 aliphatic rings. The van der Waals surface area contributed by atoms with E-state index in [4.69, 9.17) is 0 Å². The number of carbonyl (C=O) groups is 1. The first kappa shape index (κ1) is 21.6. The van der Waals surface area contributed by atoms with Gasteiger partial charge in [-0.15, -0.1) is 0 Å². The maximum absolute atomic E-state index is 11.3. The van der Waals surface area contributed by atoms with Crippen molar-refractivity contribution >= 4 is 20.4 Å². The molecule has 0 heterocycles. The summed E-state index contributed by atoms with van der Waals surface area (Å²) < 4.78 is 0. The summed E-state index contributed by atoms with van der Waals surface area (Å²) in [6.45, 7) is 12.7. The zero-order chi connectivity index (χ0) is 18.5. The normalized spacial score (nSPS) is 21.9. The zero-order valence-corrected chi connectivity index (χ0v) is 16.1. The Morgan fingerprint density at radius 1 is 1.24 bits per heavy atom. The predicted molar refractivity (Wildman–Crippen MR) is 113 cm³/mol. The standard InChI is InChI=1S/C21H33B2NO/c1-5-7-12-19(6-2)23-20-13-8-10-18(11-9-14-20)17(3)15-16-24-21(25)22-4/h5-7,12,18,20H,2-3,8-11,13-16H2,1,4H3,(H,24,25)/b7-5-,19-12+. The van der Waals surface area contributed by atoms with E-state index in [1.54, 1.807) is 14.1 Å². The Balaban J connectivity index is 2.39. The minimum Gasteiger partial charge on any atom is -0.365 e. The second-order valence-electron chi connectivity index (χ2n) is 6.87. The molecule has 1 rings (SSSR count). The van der Waals surface area contributed by atoms with Crippen LogP contribution in [0.5, 0.6) is 0 Å².